The lowest BCUT2D eigenvalue weighted by Crippen LogP contribution is -2.41. The van der Waals surface area contributed by atoms with Crippen molar-refractivity contribution >= 4 is 11.8 Å². The molecule has 0 amide bonds. The van der Waals surface area contributed by atoms with Gasteiger partial charge in [0.25, 0.3) is 6.29 Å². The van der Waals surface area contributed by atoms with Crippen LogP contribution < -0.4 is 0 Å². The number of carbonyl (C=O) groups excluding carboxylic acids is 2. The minimum absolute atomic E-state index is 0.186. The van der Waals surface area contributed by atoms with Gasteiger partial charge in [-0.05, 0) is 37.3 Å². The Labute approximate surface area is 132 Å². The molecule has 0 radical (unpaired) electrons. The van der Waals surface area contributed by atoms with E-state index in [-0.39, 0.29) is 11.2 Å². The largest absolute Gasteiger partial charge is 0.450 e. The van der Waals surface area contributed by atoms with Crippen LogP contribution in [0.25, 0.3) is 0 Å². The summed E-state index contributed by atoms with van der Waals surface area (Å²) in [6.45, 7) is 13.7. The molecular weight excluding hydrogens is 284 g/mol. The van der Waals surface area contributed by atoms with E-state index in [0.717, 1.165) is 5.57 Å². The van der Waals surface area contributed by atoms with Crippen molar-refractivity contribution in [3.05, 3.63) is 23.8 Å². The minimum atomic E-state index is -1.09. The van der Waals surface area contributed by atoms with E-state index in [1.165, 1.54) is 0 Å². The summed E-state index contributed by atoms with van der Waals surface area (Å²) in [7, 11) is 0. The Morgan fingerprint density at radius 2 is 1.91 bits per heavy atom. The van der Waals surface area contributed by atoms with Crippen LogP contribution in [0, 0.1) is 5.41 Å². The van der Waals surface area contributed by atoms with Crippen LogP contribution in [0.1, 0.15) is 41.0 Å². The average molecular weight is 310 g/mol. The zero-order valence-corrected chi connectivity index (χ0v) is 14.1. The summed E-state index contributed by atoms with van der Waals surface area (Å²) in [5.41, 5.74) is 1.21. The molecule has 0 aromatic rings. The smallest absolute Gasteiger partial charge is 0.364 e. The van der Waals surface area contributed by atoms with E-state index in [1.54, 1.807) is 26.8 Å². The number of carbonyl (C=O) groups is 2. The molecule has 1 unspecified atom stereocenters. The number of Topliss-reactive ketones (excluding diaryl/α,β-unsaturated/α-hetero) is 1. The number of ether oxygens (including phenoxy) is 3. The molecule has 5 nitrogen and oxygen atoms in total. The lowest BCUT2D eigenvalue weighted by molar-refractivity contribution is -0.199. The molecule has 0 fully saturated rings. The number of hydrogen-bond acceptors (Lipinski definition) is 5. The first-order valence-electron chi connectivity index (χ1n) is 7.60. The molecule has 0 saturated heterocycles. The summed E-state index contributed by atoms with van der Waals surface area (Å²) in [5.74, 6) is -0.845. The highest BCUT2D eigenvalue weighted by molar-refractivity contribution is 6.01. The topological polar surface area (TPSA) is 61.8 Å². The molecule has 1 aliphatic rings. The summed E-state index contributed by atoms with van der Waals surface area (Å²) in [6, 6.07) is 0. The Bertz CT molecular complexity index is 469. The summed E-state index contributed by atoms with van der Waals surface area (Å²) in [4.78, 5) is 24.5. The maximum Gasteiger partial charge on any atom is 0.364 e. The summed E-state index contributed by atoms with van der Waals surface area (Å²) in [5, 5.41) is 0. The van der Waals surface area contributed by atoms with E-state index in [4.69, 9.17) is 14.2 Å². The highest BCUT2D eigenvalue weighted by Crippen LogP contribution is 2.40. The first-order valence-corrected chi connectivity index (χ1v) is 7.60. The molecular formula is C17H26O5. The molecule has 5 heteroatoms. The van der Waals surface area contributed by atoms with Crippen molar-refractivity contribution in [3.63, 3.8) is 0 Å². The Morgan fingerprint density at radius 3 is 2.36 bits per heavy atom. The normalized spacial score (nSPS) is 21.2. The second-order valence-corrected chi connectivity index (χ2v) is 5.86. The molecule has 1 atom stereocenters. The number of rotatable bonds is 7. The van der Waals surface area contributed by atoms with Crippen LogP contribution in [0.2, 0.25) is 0 Å². The maximum absolute atomic E-state index is 12.4. The van der Waals surface area contributed by atoms with Gasteiger partial charge in [0.1, 0.15) is 0 Å². The van der Waals surface area contributed by atoms with Gasteiger partial charge < -0.3 is 14.2 Å². The maximum atomic E-state index is 12.4. The summed E-state index contributed by atoms with van der Waals surface area (Å²) >= 11 is 0. The van der Waals surface area contributed by atoms with Gasteiger partial charge in [-0.1, -0.05) is 26.5 Å². The summed E-state index contributed by atoms with van der Waals surface area (Å²) in [6.07, 6.45) is 0.223. The van der Waals surface area contributed by atoms with Gasteiger partial charge in [0.15, 0.2) is 11.9 Å². The van der Waals surface area contributed by atoms with Gasteiger partial charge in [0.05, 0.1) is 0 Å². The minimum Gasteiger partial charge on any atom is -0.450 e. The molecule has 1 aliphatic carbocycles. The Kier molecular flexibility index (Phi) is 6.50. The van der Waals surface area contributed by atoms with Crippen molar-refractivity contribution in [2.45, 2.75) is 53.4 Å². The quantitative estimate of drug-likeness (QED) is 0.534. The van der Waals surface area contributed by atoms with E-state index in [9.17, 15) is 9.59 Å². The van der Waals surface area contributed by atoms with Crippen LogP contribution in [0.3, 0.4) is 0 Å². The lowest BCUT2D eigenvalue weighted by atomic mass is 9.71. The molecule has 0 saturated carbocycles. The van der Waals surface area contributed by atoms with Gasteiger partial charge in [-0.25, -0.2) is 4.79 Å². The first kappa shape index (κ1) is 18.6. The Balaban J connectivity index is 2.90. The SMILES string of the molecule is C=CC1=C(C)C(=O)C(OC(=O)C(OCC)OCC)CC1(C)C. The molecule has 124 valence electrons. The van der Waals surface area contributed by atoms with Crippen LogP contribution in [0.15, 0.2) is 23.8 Å². The van der Waals surface area contributed by atoms with E-state index in [2.05, 4.69) is 6.58 Å². The number of ketones is 1. The van der Waals surface area contributed by atoms with Gasteiger partial charge in [0.2, 0.25) is 0 Å². The van der Waals surface area contributed by atoms with Gasteiger partial charge in [-0.2, -0.15) is 0 Å². The van der Waals surface area contributed by atoms with Crippen LogP contribution in [-0.4, -0.2) is 37.4 Å². The summed E-state index contributed by atoms with van der Waals surface area (Å²) < 4.78 is 15.8. The van der Waals surface area contributed by atoms with Crippen LogP contribution in [-0.2, 0) is 23.8 Å². The third-order valence-electron chi connectivity index (χ3n) is 3.78. The fourth-order valence-electron chi connectivity index (χ4n) is 2.76. The molecule has 0 heterocycles. The van der Waals surface area contributed by atoms with E-state index in [0.29, 0.717) is 25.2 Å². The van der Waals surface area contributed by atoms with E-state index in [1.807, 2.05) is 13.8 Å². The number of allylic oxidation sites excluding steroid dienone is 2. The molecule has 0 spiro atoms. The van der Waals surface area contributed by atoms with Crippen molar-refractivity contribution in [2.24, 2.45) is 5.41 Å². The monoisotopic (exact) mass is 310 g/mol. The second-order valence-electron chi connectivity index (χ2n) is 5.86. The lowest BCUT2D eigenvalue weighted by Gasteiger charge is -2.36. The molecule has 0 aliphatic heterocycles. The van der Waals surface area contributed by atoms with Crippen molar-refractivity contribution in [1.82, 2.24) is 0 Å². The first-order chi connectivity index (χ1) is 10.3. The van der Waals surface area contributed by atoms with Crippen molar-refractivity contribution in [3.8, 4) is 0 Å². The third-order valence-corrected chi connectivity index (χ3v) is 3.78. The van der Waals surface area contributed by atoms with Crippen molar-refractivity contribution in [1.29, 1.82) is 0 Å². The van der Waals surface area contributed by atoms with E-state index >= 15 is 0 Å². The van der Waals surface area contributed by atoms with Crippen molar-refractivity contribution < 1.29 is 23.8 Å². The van der Waals surface area contributed by atoms with Gasteiger partial charge in [-0.3, -0.25) is 4.79 Å². The fraction of sp³-hybridized carbons (Fsp3) is 0.647. The molecule has 1 rings (SSSR count). The molecule has 0 N–H and O–H groups in total. The number of hydrogen-bond donors (Lipinski definition) is 0. The van der Waals surface area contributed by atoms with Gasteiger partial charge in [-0.15, -0.1) is 0 Å². The molecule has 0 bridgehead atoms. The van der Waals surface area contributed by atoms with Crippen LogP contribution in [0.4, 0.5) is 0 Å². The predicted octanol–water partition coefficient (Wildman–Crippen LogP) is 2.80. The predicted molar refractivity (Wildman–Crippen MR) is 83.2 cm³/mol. The third kappa shape index (κ3) is 4.05. The second kappa shape index (κ2) is 7.70. The van der Waals surface area contributed by atoms with Crippen molar-refractivity contribution in [2.75, 3.05) is 13.2 Å². The zero-order chi connectivity index (χ0) is 16.9. The van der Waals surface area contributed by atoms with Gasteiger partial charge in [0, 0.05) is 19.6 Å². The van der Waals surface area contributed by atoms with E-state index < -0.39 is 18.4 Å². The highest BCUT2D eigenvalue weighted by Gasteiger charge is 2.40. The van der Waals surface area contributed by atoms with Crippen LogP contribution >= 0.6 is 0 Å². The molecule has 0 aromatic heterocycles. The molecule has 22 heavy (non-hydrogen) atoms. The highest BCUT2D eigenvalue weighted by atomic mass is 16.7. The van der Waals surface area contributed by atoms with Crippen LogP contribution in [0.5, 0.6) is 0 Å². The average Bonchev–Trinajstić information content (AvgIpc) is 2.44. The van der Waals surface area contributed by atoms with Gasteiger partial charge >= 0.3 is 5.97 Å². The standard InChI is InChI=1S/C17H26O5/c1-7-12-11(4)14(18)13(10-17(12,5)6)22-15(19)16(20-8-2)21-9-3/h7,13,16H,1,8-10H2,2-6H3. The Morgan fingerprint density at radius 1 is 1.36 bits per heavy atom. The zero-order valence-electron chi connectivity index (χ0n) is 14.1. The Hall–Kier alpha value is -1.46. The fourth-order valence-corrected chi connectivity index (χ4v) is 2.76. The molecule has 0 aromatic carbocycles. The number of esters is 1.